The molecule has 0 aliphatic carbocycles. The first kappa shape index (κ1) is 17.1. The largest absolute Gasteiger partial charge is 0.376 e. The molecule has 6 nitrogen and oxygen atoms in total. The monoisotopic (exact) mass is 437 g/mol. The topological polar surface area (TPSA) is 65.7 Å². The molecule has 3 heterocycles. The minimum absolute atomic E-state index is 0.227. The van der Waals surface area contributed by atoms with Crippen molar-refractivity contribution in [1.82, 2.24) is 25.2 Å². The van der Waals surface area contributed by atoms with E-state index in [0.717, 1.165) is 57.6 Å². The van der Waals surface area contributed by atoms with Crippen LogP contribution in [0.5, 0.6) is 0 Å². The number of tetrazole rings is 1. The second-order valence-corrected chi connectivity index (χ2v) is 8.44. The third-order valence-corrected chi connectivity index (χ3v) is 6.30. The smallest absolute Gasteiger partial charge is 0.209 e. The SMILES string of the molecule is Brc1cccc(-c2nc(CSc3nnnn3C[C@H]3CCCO3)cs2)c1. The quantitative estimate of drug-likeness (QED) is 0.542. The molecule has 1 aromatic carbocycles. The lowest BCUT2D eigenvalue weighted by Crippen LogP contribution is -2.16. The second-order valence-electron chi connectivity index (χ2n) is 5.72. The molecule has 0 spiro atoms. The van der Waals surface area contributed by atoms with Gasteiger partial charge in [0.15, 0.2) is 0 Å². The summed E-state index contributed by atoms with van der Waals surface area (Å²) in [6.45, 7) is 1.56. The number of nitrogens with zero attached hydrogens (tertiary/aromatic N) is 5. The maximum Gasteiger partial charge on any atom is 0.209 e. The summed E-state index contributed by atoms with van der Waals surface area (Å²) in [7, 11) is 0. The van der Waals surface area contributed by atoms with Gasteiger partial charge in [-0.2, -0.15) is 0 Å². The van der Waals surface area contributed by atoms with Crippen molar-refractivity contribution in [2.45, 2.75) is 36.4 Å². The van der Waals surface area contributed by atoms with Crippen molar-refractivity contribution < 1.29 is 4.74 Å². The normalized spacial score (nSPS) is 17.2. The van der Waals surface area contributed by atoms with Crippen LogP contribution in [0.1, 0.15) is 18.5 Å². The number of ether oxygens (including phenoxy) is 1. The lowest BCUT2D eigenvalue weighted by atomic mass is 10.2. The van der Waals surface area contributed by atoms with Gasteiger partial charge in [0.1, 0.15) is 5.01 Å². The number of aromatic nitrogens is 5. The zero-order valence-electron chi connectivity index (χ0n) is 13.3. The summed E-state index contributed by atoms with van der Waals surface area (Å²) >= 11 is 6.77. The molecule has 0 N–H and O–H groups in total. The first-order valence-electron chi connectivity index (χ1n) is 7.99. The van der Waals surface area contributed by atoms with E-state index in [1.807, 2.05) is 16.8 Å². The maximum absolute atomic E-state index is 5.67. The van der Waals surface area contributed by atoms with Gasteiger partial charge in [-0.15, -0.1) is 16.4 Å². The highest BCUT2D eigenvalue weighted by molar-refractivity contribution is 9.10. The van der Waals surface area contributed by atoms with Crippen molar-refractivity contribution in [1.29, 1.82) is 0 Å². The molecule has 9 heteroatoms. The van der Waals surface area contributed by atoms with E-state index in [1.165, 1.54) is 0 Å². The van der Waals surface area contributed by atoms with E-state index in [9.17, 15) is 0 Å². The Morgan fingerprint density at radius 2 is 2.36 bits per heavy atom. The van der Waals surface area contributed by atoms with Crippen molar-refractivity contribution in [2.75, 3.05) is 6.61 Å². The standard InChI is InChI=1S/C16H16BrN5OS2/c17-12-4-1-3-11(7-12)15-18-13(9-24-15)10-25-16-19-20-21-22(16)8-14-5-2-6-23-14/h1,3-4,7,9,14H,2,5-6,8,10H2/t14-/m1/s1. The van der Waals surface area contributed by atoms with Crippen LogP contribution in [-0.2, 0) is 17.0 Å². The van der Waals surface area contributed by atoms with E-state index in [-0.39, 0.29) is 6.10 Å². The average molecular weight is 438 g/mol. The Morgan fingerprint density at radius 3 is 3.20 bits per heavy atom. The van der Waals surface area contributed by atoms with Gasteiger partial charge in [0.05, 0.1) is 18.3 Å². The Morgan fingerprint density at radius 1 is 1.40 bits per heavy atom. The van der Waals surface area contributed by atoms with Crippen molar-refractivity contribution >= 4 is 39.0 Å². The number of benzene rings is 1. The summed E-state index contributed by atoms with van der Waals surface area (Å²) in [5.74, 6) is 0.746. The molecule has 0 saturated carbocycles. The van der Waals surface area contributed by atoms with Gasteiger partial charge in [0, 0.05) is 27.8 Å². The highest BCUT2D eigenvalue weighted by atomic mass is 79.9. The molecular formula is C16H16BrN5OS2. The summed E-state index contributed by atoms with van der Waals surface area (Å²) < 4.78 is 8.56. The molecule has 1 saturated heterocycles. The predicted octanol–water partition coefficient (Wildman–Crippen LogP) is 4.03. The van der Waals surface area contributed by atoms with Crippen LogP contribution in [0.3, 0.4) is 0 Å². The second kappa shape index (κ2) is 7.94. The Balaban J connectivity index is 1.40. The van der Waals surface area contributed by atoms with Crippen LogP contribution in [0.4, 0.5) is 0 Å². The lowest BCUT2D eigenvalue weighted by Gasteiger charge is -2.09. The Labute approximate surface area is 162 Å². The highest BCUT2D eigenvalue weighted by Crippen LogP contribution is 2.29. The van der Waals surface area contributed by atoms with E-state index in [1.54, 1.807) is 23.1 Å². The molecule has 1 aliphatic rings. The molecule has 2 aromatic heterocycles. The average Bonchev–Trinajstić information content (AvgIpc) is 3.36. The van der Waals surface area contributed by atoms with E-state index in [2.05, 4.69) is 49.0 Å². The van der Waals surface area contributed by atoms with Crippen LogP contribution < -0.4 is 0 Å². The van der Waals surface area contributed by atoms with Gasteiger partial charge >= 0.3 is 0 Å². The van der Waals surface area contributed by atoms with Gasteiger partial charge in [0.25, 0.3) is 0 Å². The number of rotatable bonds is 6. The number of thiazole rings is 1. The zero-order chi connectivity index (χ0) is 17.1. The van der Waals surface area contributed by atoms with Crippen LogP contribution in [0, 0.1) is 0 Å². The molecule has 25 heavy (non-hydrogen) atoms. The van der Waals surface area contributed by atoms with E-state index in [0.29, 0.717) is 0 Å². The first-order chi connectivity index (χ1) is 12.3. The molecule has 4 rings (SSSR count). The molecule has 0 unspecified atom stereocenters. The van der Waals surface area contributed by atoms with Crippen molar-refractivity contribution in [2.24, 2.45) is 0 Å². The van der Waals surface area contributed by atoms with E-state index >= 15 is 0 Å². The summed E-state index contributed by atoms with van der Waals surface area (Å²) in [6.07, 6.45) is 2.42. The Kier molecular flexibility index (Phi) is 5.45. The van der Waals surface area contributed by atoms with E-state index in [4.69, 9.17) is 9.72 Å². The number of thioether (sulfide) groups is 1. The minimum Gasteiger partial charge on any atom is -0.376 e. The van der Waals surface area contributed by atoms with Crippen molar-refractivity contribution in [3.63, 3.8) is 0 Å². The predicted molar refractivity (Wildman–Crippen MR) is 102 cm³/mol. The molecule has 0 bridgehead atoms. The van der Waals surface area contributed by atoms with Crippen molar-refractivity contribution in [3.8, 4) is 10.6 Å². The molecule has 1 fully saturated rings. The van der Waals surface area contributed by atoms with Crippen molar-refractivity contribution in [3.05, 3.63) is 39.8 Å². The molecule has 130 valence electrons. The Bertz CT molecular complexity index is 846. The summed E-state index contributed by atoms with van der Waals surface area (Å²) in [6, 6.07) is 8.19. The zero-order valence-corrected chi connectivity index (χ0v) is 16.6. The fourth-order valence-corrected chi connectivity index (χ4v) is 4.76. The highest BCUT2D eigenvalue weighted by Gasteiger charge is 2.19. The fraction of sp³-hybridized carbons (Fsp3) is 0.375. The molecule has 0 amide bonds. The van der Waals surface area contributed by atoms with Crippen LogP contribution in [0.25, 0.3) is 10.6 Å². The van der Waals surface area contributed by atoms with Crippen LogP contribution >= 0.6 is 39.0 Å². The molecule has 1 atom stereocenters. The molecule has 0 radical (unpaired) electrons. The minimum atomic E-state index is 0.227. The van der Waals surface area contributed by atoms with Gasteiger partial charge in [0.2, 0.25) is 5.16 Å². The summed E-state index contributed by atoms with van der Waals surface area (Å²) in [5, 5.41) is 15.9. The number of hydrogen-bond donors (Lipinski definition) is 0. The Hall–Kier alpha value is -1.29. The molecular weight excluding hydrogens is 422 g/mol. The molecule has 3 aromatic rings. The van der Waals surface area contributed by atoms with Crippen LogP contribution in [-0.4, -0.2) is 37.9 Å². The first-order valence-corrected chi connectivity index (χ1v) is 10.6. The fourth-order valence-electron chi connectivity index (χ4n) is 2.66. The van der Waals surface area contributed by atoms with Gasteiger partial charge in [-0.3, -0.25) is 0 Å². The number of hydrogen-bond acceptors (Lipinski definition) is 7. The van der Waals surface area contributed by atoms with Gasteiger partial charge in [-0.25, -0.2) is 9.67 Å². The summed E-state index contributed by atoms with van der Waals surface area (Å²) in [4.78, 5) is 4.73. The van der Waals surface area contributed by atoms with Crippen LogP contribution in [0.2, 0.25) is 0 Å². The lowest BCUT2D eigenvalue weighted by molar-refractivity contribution is 0.0912. The third-order valence-electron chi connectivity index (χ3n) is 3.87. The van der Waals surface area contributed by atoms with Gasteiger partial charge < -0.3 is 4.74 Å². The van der Waals surface area contributed by atoms with Gasteiger partial charge in [-0.1, -0.05) is 39.8 Å². The van der Waals surface area contributed by atoms with Crippen LogP contribution in [0.15, 0.2) is 39.3 Å². The third kappa shape index (κ3) is 4.28. The van der Waals surface area contributed by atoms with Gasteiger partial charge in [-0.05, 0) is 35.4 Å². The maximum atomic E-state index is 5.67. The van der Waals surface area contributed by atoms with E-state index < -0.39 is 0 Å². The molecule has 1 aliphatic heterocycles. The number of halogens is 1. The summed E-state index contributed by atoms with van der Waals surface area (Å²) in [5.41, 5.74) is 2.16.